The summed E-state index contributed by atoms with van der Waals surface area (Å²) in [6.07, 6.45) is -13.8. The molecule has 0 atom stereocenters. The van der Waals surface area contributed by atoms with Gasteiger partial charge in [0, 0.05) is 19.4 Å². The molecule has 0 aliphatic heterocycles. The molecule has 0 aliphatic rings. The van der Waals surface area contributed by atoms with Gasteiger partial charge in [-0.1, -0.05) is 0 Å². The van der Waals surface area contributed by atoms with Gasteiger partial charge in [-0.2, -0.15) is 34.8 Å². The van der Waals surface area contributed by atoms with E-state index in [2.05, 4.69) is 24.7 Å². The Kier molecular flexibility index (Phi) is 12.5. The zero-order valence-electron chi connectivity index (χ0n) is 12.9. The lowest BCUT2D eigenvalue weighted by atomic mass is 10.0. The summed E-state index contributed by atoms with van der Waals surface area (Å²) in [4.78, 5) is 2.17. The molecule has 150 valence electrons. The molecule has 0 fully saturated rings. The third-order valence-corrected chi connectivity index (χ3v) is 3.18. The van der Waals surface area contributed by atoms with E-state index in [9.17, 15) is 39.2 Å². The molecule has 0 saturated carbocycles. The van der Waals surface area contributed by atoms with Crippen molar-refractivity contribution in [1.82, 2.24) is 4.90 Å². The highest BCUT2D eigenvalue weighted by atomic mass is 35.5. The number of quaternary nitrogens is 1. The van der Waals surface area contributed by atoms with Crippen LogP contribution in [0.4, 0.5) is 30.7 Å². The van der Waals surface area contributed by atoms with Gasteiger partial charge in [-0.15, -0.1) is 0 Å². The minimum absolute atomic E-state index is 0. The van der Waals surface area contributed by atoms with Crippen LogP contribution in [0, 0.1) is 0 Å². The van der Waals surface area contributed by atoms with E-state index in [1.54, 1.807) is 0 Å². The molecule has 5 nitrogen and oxygen atoms in total. The molecular weight excluding hydrogens is 397 g/mol. The van der Waals surface area contributed by atoms with Crippen LogP contribution in [0.25, 0.3) is 0 Å². The van der Waals surface area contributed by atoms with Crippen molar-refractivity contribution < 1.29 is 61.8 Å². The molecule has 14 heteroatoms. The molecule has 0 aromatic heterocycles. The van der Waals surface area contributed by atoms with Crippen LogP contribution >= 0.6 is 0 Å². The monoisotopic (exact) mass is 416 g/mol. The maximum Gasteiger partial charge on any atom is 0.431 e. The smallest absolute Gasteiger partial charge is 0.431 e. The van der Waals surface area contributed by atoms with Crippen LogP contribution in [0.2, 0.25) is 0 Å². The summed E-state index contributed by atoms with van der Waals surface area (Å²) >= 11 is 0. The van der Waals surface area contributed by atoms with Crippen molar-refractivity contribution in [2.45, 2.75) is 30.9 Å². The molecule has 0 radical (unpaired) electrons. The van der Waals surface area contributed by atoms with Crippen LogP contribution in [0.15, 0.2) is 0 Å². The third kappa shape index (κ3) is 11.2. The van der Waals surface area contributed by atoms with Crippen molar-refractivity contribution >= 4 is 10.1 Å². The molecule has 0 aromatic carbocycles. The lowest BCUT2D eigenvalue weighted by molar-refractivity contribution is -0.368. The van der Waals surface area contributed by atoms with Crippen LogP contribution in [0.1, 0.15) is 12.8 Å². The van der Waals surface area contributed by atoms with Crippen LogP contribution < -0.4 is 18.1 Å². The van der Waals surface area contributed by atoms with E-state index in [0.29, 0.717) is 0 Å². The Bertz CT molecular complexity index is 427. The Balaban J connectivity index is -0.000000468. The van der Waals surface area contributed by atoms with E-state index in [0.717, 1.165) is 6.54 Å². The van der Waals surface area contributed by atoms with Gasteiger partial charge in [0.2, 0.25) is 0 Å². The predicted molar refractivity (Wildman–Crippen MR) is 67.9 cm³/mol. The maximum absolute atomic E-state index is 12.7. The number of rotatable bonds is 6. The van der Waals surface area contributed by atoms with E-state index < -0.39 is 40.3 Å². The van der Waals surface area contributed by atoms with E-state index in [4.69, 9.17) is 4.55 Å². The summed E-state index contributed by atoms with van der Waals surface area (Å²) in [6, 6.07) is 0. The van der Waals surface area contributed by atoms with E-state index in [-0.39, 0.29) is 12.4 Å². The first-order valence-electron chi connectivity index (χ1n) is 6.19. The fourth-order valence-corrected chi connectivity index (χ4v) is 1.68. The maximum atomic E-state index is 12.7. The number of hydrogen-bond acceptors (Lipinski definition) is 3. The summed E-state index contributed by atoms with van der Waals surface area (Å²) < 4.78 is 111. The third-order valence-electron chi connectivity index (χ3n) is 2.46. The SMILES string of the molecule is CN(C)CCC[NH3+].O=S(=O)(O)CCC(F)(C(F)(F)F)C(F)(F)F.[Cl-]. The van der Waals surface area contributed by atoms with Crippen molar-refractivity contribution in [2.24, 2.45) is 0 Å². The van der Waals surface area contributed by atoms with Crippen LogP contribution in [-0.4, -0.2) is 68.8 Å². The average Bonchev–Trinajstić information content (AvgIpc) is 2.30. The summed E-state index contributed by atoms with van der Waals surface area (Å²) in [5, 5.41) is 0. The molecule has 0 rings (SSSR count). The lowest BCUT2D eigenvalue weighted by Crippen LogP contribution is -3.00. The molecule has 0 bridgehead atoms. The molecule has 0 amide bonds. The second-order valence-corrected chi connectivity index (χ2v) is 6.42. The first kappa shape index (κ1) is 28.4. The van der Waals surface area contributed by atoms with Gasteiger partial charge in [0.1, 0.15) is 0 Å². The molecule has 0 heterocycles. The van der Waals surface area contributed by atoms with Gasteiger partial charge in [0.15, 0.2) is 0 Å². The zero-order valence-corrected chi connectivity index (χ0v) is 14.5. The van der Waals surface area contributed by atoms with Gasteiger partial charge in [-0.05, 0) is 14.1 Å². The summed E-state index contributed by atoms with van der Waals surface area (Å²) in [6.45, 7) is 2.22. The average molecular weight is 417 g/mol. The molecule has 0 aliphatic carbocycles. The number of hydrogen-bond donors (Lipinski definition) is 2. The second kappa shape index (κ2) is 10.6. The minimum atomic E-state index is -6.31. The Labute approximate surface area is 141 Å². The van der Waals surface area contributed by atoms with Crippen LogP contribution in [0.5, 0.6) is 0 Å². The molecular formula is C10H20ClF7N2O3S. The highest BCUT2D eigenvalue weighted by Gasteiger charge is 2.72. The quantitative estimate of drug-likeness (QED) is 0.398. The van der Waals surface area contributed by atoms with Gasteiger partial charge in [0.25, 0.3) is 15.8 Å². The first-order valence-corrected chi connectivity index (χ1v) is 7.80. The lowest BCUT2D eigenvalue weighted by Gasteiger charge is -2.29. The van der Waals surface area contributed by atoms with E-state index in [1.165, 1.54) is 13.0 Å². The van der Waals surface area contributed by atoms with Gasteiger partial charge in [-0.25, -0.2) is 4.39 Å². The van der Waals surface area contributed by atoms with Crippen molar-refractivity contribution in [3.05, 3.63) is 0 Å². The number of nitrogens with zero attached hydrogens (tertiary/aromatic N) is 1. The Morgan fingerprint density at radius 3 is 1.54 bits per heavy atom. The molecule has 0 saturated heterocycles. The normalized spacial score (nSPS) is 13.2. The van der Waals surface area contributed by atoms with Crippen molar-refractivity contribution in [3.8, 4) is 0 Å². The largest absolute Gasteiger partial charge is 1.00 e. The van der Waals surface area contributed by atoms with E-state index in [1.807, 2.05) is 0 Å². The molecule has 24 heavy (non-hydrogen) atoms. The van der Waals surface area contributed by atoms with Crippen molar-refractivity contribution in [3.63, 3.8) is 0 Å². The standard InChI is InChI=1S/C5H5F7O3S.C5H14N2.ClH/c6-3(4(7,8)9,5(10,11)12)1-2-16(13,14)15;1-7(2)5-3-4-6;/h1-2H2,(H,13,14,15);3-6H2,1-2H3;1H. The first-order chi connectivity index (χ1) is 9.98. The molecule has 4 N–H and O–H groups in total. The van der Waals surface area contributed by atoms with Crippen molar-refractivity contribution in [2.75, 3.05) is 32.9 Å². The summed E-state index contributed by atoms with van der Waals surface area (Å²) in [5.41, 5.74) is -1.93. The predicted octanol–water partition coefficient (Wildman–Crippen LogP) is -1.72. The Morgan fingerprint density at radius 2 is 1.38 bits per heavy atom. The number of alkyl halides is 7. The van der Waals surface area contributed by atoms with Gasteiger partial charge in [0.05, 0.1) is 12.3 Å². The fourth-order valence-electron chi connectivity index (χ4n) is 1.14. The van der Waals surface area contributed by atoms with Crippen molar-refractivity contribution in [1.29, 1.82) is 0 Å². The molecule has 0 unspecified atom stereocenters. The van der Waals surface area contributed by atoms with Crippen LogP contribution in [-0.2, 0) is 10.1 Å². The fraction of sp³-hybridized carbons (Fsp3) is 1.00. The Morgan fingerprint density at radius 1 is 1.00 bits per heavy atom. The van der Waals surface area contributed by atoms with Gasteiger partial charge < -0.3 is 23.0 Å². The highest BCUT2D eigenvalue weighted by molar-refractivity contribution is 7.85. The highest BCUT2D eigenvalue weighted by Crippen LogP contribution is 2.48. The topological polar surface area (TPSA) is 85.3 Å². The minimum Gasteiger partial charge on any atom is -1.00 e. The van der Waals surface area contributed by atoms with E-state index >= 15 is 0 Å². The van der Waals surface area contributed by atoms with Crippen LogP contribution in [0.3, 0.4) is 0 Å². The van der Waals surface area contributed by atoms with Gasteiger partial charge >= 0.3 is 12.4 Å². The van der Waals surface area contributed by atoms with Gasteiger partial charge in [-0.3, -0.25) is 4.55 Å². The summed E-state index contributed by atoms with van der Waals surface area (Å²) in [5.74, 6) is -1.98. The molecule has 0 spiro atoms. The molecule has 0 aromatic rings. The second-order valence-electron chi connectivity index (χ2n) is 4.84. The number of halogens is 8. The Hall–Kier alpha value is -0.370. The summed E-state index contributed by atoms with van der Waals surface area (Å²) in [7, 11) is -0.960. The zero-order chi connectivity index (χ0) is 19.1.